The molecule has 7 nitrogen and oxygen atoms in total. The minimum Gasteiger partial charge on any atom is -0.360 e. The molecule has 3 rings (SSSR count). The van der Waals surface area contributed by atoms with Crippen LogP contribution in [0.2, 0.25) is 0 Å². The van der Waals surface area contributed by atoms with Crippen molar-refractivity contribution in [2.75, 3.05) is 37.7 Å². The van der Waals surface area contributed by atoms with Gasteiger partial charge < -0.3 is 14.0 Å². The summed E-state index contributed by atoms with van der Waals surface area (Å²) in [4.78, 5) is 8.93. The van der Waals surface area contributed by atoms with Crippen molar-refractivity contribution >= 4 is 21.1 Å². The zero-order valence-corrected chi connectivity index (χ0v) is 17.6. The predicted octanol–water partition coefficient (Wildman–Crippen LogP) is 3.52. The summed E-state index contributed by atoms with van der Waals surface area (Å²) in [5, 5.41) is 5.40. The Bertz CT molecular complexity index is 884. The van der Waals surface area contributed by atoms with Crippen LogP contribution < -0.4 is 0 Å². The van der Waals surface area contributed by atoms with Gasteiger partial charge in [0.15, 0.2) is 0 Å². The third-order valence-corrected chi connectivity index (χ3v) is 5.67. The molecule has 1 atom stereocenters. The zero-order valence-electron chi connectivity index (χ0n) is 16.8. The maximum absolute atomic E-state index is 5.86. The standard InChI is InChI=1S/C19H29N5O2S/c1-6-26-15(2)24-12-16(11-22-24)18-17-7-8-23(19(17)21-13-20-18)14-25-9-10-27(3,4)5/h7-8,11-13,15H,6,9-10,14H2,1-5H3. The molecule has 0 aliphatic carbocycles. The molecule has 0 radical (unpaired) electrons. The number of hydrogen-bond donors (Lipinski definition) is 0. The van der Waals surface area contributed by atoms with E-state index in [9.17, 15) is 0 Å². The van der Waals surface area contributed by atoms with Gasteiger partial charge in [-0.2, -0.15) is 5.10 Å². The van der Waals surface area contributed by atoms with Crippen LogP contribution in [-0.2, 0) is 16.2 Å². The first-order valence-corrected chi connectivity index (χ1v) is 12.1. The van der Waals surface area contributed by atoms with Crippen molar-refractivity contribution in [3.05, 3.63) is 31.0 Å². The van der Waals surface area contributed by atoms with Gasteiger partial charge in [-0.15, -0.1) is 0 Å². The van der Waals surface area contributed by atoms with Crippen molar-refractivity contribution in [3.63, 3.8) is 0 Å². The first kappa shape index (κ1) is 19.9. The molecule has 0 fully saturated rings. The maximum atomic E-state index is 5.86. The molecular weight excluding hydrogens is 362 g/mol. The quantitative estimate of drug-likeness (QED) is 0.522. The number of ether oxygens (including phenoxy) is 2. The molecule has 8 heteroatoms. The molecule has 0 saturated carbocycles. The van der Waals surface area contributed by atoms with E-state index in [1.165, 1.54) is 0 Å². The predicted molar refractivity (Wildman–Crippen MR) is 111 cm³/mol. The molecule has 0 amide bonds. The lowest BCUT2D eigenvalue weighted by atomic mass is 10.2. The van der Waals surface area contributed by atoms with Crippen LogP contribution in [0.15, 0.2) is 31.0 Å². The van der Waals surface area contributed by atoms with Crippen molar-refractivity contribution in [2.45, 2.75) is 26.8 Å². The molecule has 3 aromatic rings. The SMILES string of the molecule is CCOC(C)n1cc(-c2ncnc3c2ccn3COCCS(C)(C)C)cn1. The van der Waals surface area contributed by atoms with E-state index >= 15 is 0 Å². The van der Waals surface area contributed by atoms with Crippen LogP contribution in [0.25, 0.3) is 22.3 Å². The Morgan fingerprint density at radius 3 is 2.78 bits per heavy atom. The Hall–Kier alpha value is -1.90. The molecule has 0 aliphatic rings. The highest BCUT2D eigenvalue weighted by Crippen LogP contribution is 2.33. The third-order valence-electron chi connectivity index (χ3n) is 4.28. The van der Waals surface area contributed by atoms with E-state index in [1.807, 2.05) is 47.8 Å². The van der Waals surface area contributed by atoms with Crippen molar-refractivity contribution in [2.24, 2.45) is 0 Å². The molecule has 0 saturated heterocycles. The van der Waals surface area contributed by atoms with Crippen LogP contribution in [0.3, 0.4) is 0 Å². The van der Waals surface area contributed by atoms with Gasteiger partial charge in [-0.1, -0.05) is 0 Å². The number of rotatable bonds is 9. The largest absolute Gasteiger partial charge is 0.360 e. The number of hydrogen-bond acceptors (Lipinski definition) is 5. The first-order chi connectivity index (χ1) is 12.9. The van der Waals surface area contributed by atoms with Crippen LogP contribution in [0.5, 0.6) is 0 Å². The van der Waals surface area contributed by atoms with Crippen LogP contribution in [-0.4, -0.2) is 62.0 Å². The van der Waals surface area contributed by atoms with Gasteiger partial charge in [0.05, 0.1) is 18.5 Å². The fraction of sp³-hybridized carbons (Fsp3) is 0.526. The monoisotopic (exact) mass is 391 g/mol. The lowest BCUT2D eigenvalue weighted by Gasteiger charge is -2.24. The minimum atomic E-state index is -0.539. The Balaban J connectivity index is 1.77. The van der Waals surface area contributed by atoms with E-state index in [0.717, 1.165) is 34.7 Å². The molecule has 0 spiro atoms. The summed E-state index contributed by atoms with van der Waals surface area (Å²) in [6.45, 7) is 5.85. The van der Waals surface area contributed by atoms with Gasteiger partial charge in [0, 0.05) is 35.7 Å². The number of aromatic nitrogens is 5. The second kappa shape index (κ2) is 8.41. The van der Waals surface area contributed by atoms with Crippen LogP contribution >= 0.6 is 10.0 Å². The van der Waals surface area contributed by atoms with Gasteiger partial charge in [-0.25, -0.2) is 24.7 Å². The fourth-order valence-corrected chi connectivity index (χ4v) is 3.40. The highest BCUT2D eigenvalue weighted by Gasteiger charge is 2.14. The lowest BCUT2D eigenvalue weighted by molar-refractivity contribution is 0.0160. The van der Waals surface area contributed by atoms with Crippen LogP contribution in [0, 0.1) is 0 Å². The molecule has 0 aromatic carbocycles. The van der Waals surface area contributed by atoms with Gasteiger partial charge in [-0.05, 0) is 38.7 Å². The van der Waals surface area contributed by atoms with Gasteiger partial charge in [0.1, 0.15) is 24.9 Å². The Morgan fingerprint density at radius 2 is 2.04 bits per heavy atom. The summed E-state index contributed by atoms with van der Waals surface area (Å²) in [5.41, 5.74) is 2.69. The highest BCUT2D eigenvalue weighted by molar-refractivity contribution is 8.32. The summed E-state index contributed by atoms with van der Waals surface area (Å²) in [7, 11) is -0.539. The molecule has 148 valence electrons. The van der Waals surface area contributed by atoms with E-state index in [0.29, 0.717) is 13.3 Å². The van der Waals surface area contributed by atoms with E-state index in [1.54, 1.807) is 6.33 Å². The number of nitrogens with zero attached hydrogens (tertiary/aromatic N) is 5. The average molecular weight is 392 g/mol. The fourth-order valence-electron chi connectivity index (χ4n) is 2.79. The van der Waals surface area contributed by atoms with Gasteiger partial charge in [0.2, 0.25) is 0 Å². The molecule has 3 aromatic heterocycles. The van der Waals surface area contributed by atoms with Crippen LogP contribution in [0.4, 0.5) is 0 Å². The van der Waals surface area contributed by atoms with Crippen molar-refractivity contribution in [1.82, 2.24) is 24.3 Å². The Morgan fingerprint density at radius 1 is 1.22 bits per heavy atom. The second-order valence-electron chi connectivity index (χ2n) is 7.34. The molecule has 3 heterocycles. The van der Waals surface area contributed by atoms with Gasteiger partial charge in [-0.3, -0.25) is 0 Å². The third kappa shape index (κ3) is 4.88. The summed E-state index contributed by atoms with van der Waals surface area (Å²) in [5.74, 6) is 1.10. The summed E-state index contributed by atoms with van der Waals surface area (Å²) in [6, 6.07) is 2.03. The summed E-state index contributed by atoms with van der Waals surface area (Å²) in [6.07, 6.45) is 14.2. The highest BCUT2D eigenvalue weighted by atomic mass is 32.3. The van der Waals surface area contributed by atoms with Crippen molar-refractivity contribution in [3.8, 4) is 11.3 Å². The molecule has 1 unspecified atom stereocenters. The van der Waals surface area contributed by atoms with E-state index < -0.39 is 10.0 Å². The van der Waals surface area contributed by atoms with E-state index in [4.69, 9.17) is 9.47 Å². The lowest BCUT2D eigenvalue weighted by Crippen LogP contribution is -2.09. The summed E-state index contributed by atoms with van der Waals surface area (Å²) < 4.78 is 15.3. The normalized spacial score (nSPS) is 14.0. The Kier molecular flexibility index (Phi) is 6.18. The van der Waals surface area contributed by atoms with Crippen molar-refractivity contribution < 1.29 is 9.47 Å². The molecule has 0 N–H and O–H groups in total. The number of fused-ring (bicyclic) bond motifs is 1. The molecule has 0 bridgehead atoms. The molecule has 27 heavy (non-hydrogen) atoms. The first-order valence-electron chi connectivity index (χ1n) is 9.09. The van der Waals surface area contributed by atoms with E-state index in [-0.39, 0.29) is 6.23 Å². The Labute approximate surface area is 162 Å². The average Bonchev–Trinajstić information content (AvgIpc) is 3.25. The van der Waals surface area contributed by atoms with Crippen molar-refractivity contribution in [1.29, 1.82) is 0 Å². The summed E-state index contributed by atoms with van der Waals surface area (Å²) >= 11 is 0. The van der Waals surface area contributed by atoms with Gasteiger partial charge >= 0.3 is 0 Å². The topological polar surface area (TPSA) is 67.0 Å². The maximum Gasteiger partial charge on any atom is 0.147 e. The van der Waals surface area contributed by atoms with Gasteiger partial charge in [0.25, 0.3) is 0 Å². The molecular formula is C19H29N5O2S. The zero-order chi connectivity index (χ0) is 19.4. The second-order valence-corrected chi connectivity index (χ2v) is 11.9. The van der Waals surface area contributed by atoms with Crippen LogP contribution in [0.1, 0.15) is 20.1 Å². The molecule has 0 aliphatic heterocycles. The minimum absolute atomic E-state index is 0.107. The smallest absolute Gasteiger partial charge is 0.147 e. The van der Waals surface area contributed by atoms with E-state index in [2.05, 4.69) is 33.8 Å².